The molecule has 1 heterocycles. The van der Waals surface area contributed by atoms with Crippen LogP contribution in [0, 0.1) is 0 Å². The zero-order valence-electron chi connectivity index (χ0n) is 9.40. The van der Waals surface area contributed by atoms with Crippen molar-refractivity contribution in [1.29, 1.82) is 0 Å². The van der Waals surface area contributed by atoms with Gasteiger partial charge in [-0.2, -0.15) is 0 Å². The lowest BCUT2D eigenvalue weighted by atomic mass is 10.3. The van der Waals surface area contributed by atoms with Crippen molar-refractivity contribution in [3.63, 3.8) is 0 Å². The number of aromatic nitrogens is 1. The van der Waals surface area contributed by atoms with Gasteiger partial charge in [-0.25, -0.2) is 0 Å². The third-order valence-electron chi connectivity index (χ3n) is 2.36. The summed E-state index contributed by atoms with van der Waals surface area (Å²) in [5, 5.41) is 0. The number of ether oxygens (including phenoxy) is 1. The first-order valence-corrected chi connectivity index (χ1v) is 5.72. The highest BCUT2D eigenvalue weighted by Gasteiger charge is 2.09. The van der Waals surface area contributed by atoms with Gasteiger partial charge in [0.25, 0.3) is 0 Å². The maximum absolute atomic E-state index is 5.11. The highest BCUT2D eigenvalue weighted by atomic mass is 79.9. The first kappa shape index (κ1) is 12.6. The van der Waals surface area contributed by atoms with Gasteiger partial charge in [0.15, 0.2) is 0 Å². The number of pyridine rings is 1. The first-order chi connectivity index (χ1) is 7.13. The van der Waals surface area contributed by atoms with Gasteiger partial charge in [-0.15, -0.1) is 0 Å². The molecule has 1 atom stereocenters. The van der Waals surface area contributed by atoms with Gasteiger partial charge < -0.3 is 4.74 Å². The van der Waals surface area contributed by atoms with E-state index in [4.69, 9.17) is 4.74 Å². The molecular weight excluding hydrogens is 256 g/mol. The van der Waals surface area contributed by atoms with Gasteiger partial charge in [0.05, 0.1) is 12.3 Å². The number of hydrogen-bond donors (Lipinski definition) is 0. The fourth-order valence-corrected chi connectivity index (χ4v) is 1.51. The molecule has 0 fully saturated rings. The van der Waals surface area contributed by atoms with E-state index in [1.165, 1.54) is 0 Å². The summed E-state index contributed by atoms with van der Waals surface area (Å²) in [6.07, 6.45) is 1.82. The number of likely N-dealkylation sites (N-methyl/N-ethyl adjacent to an activating group) is 1. The summed E-state index contributed by atoms with van der Waals surface area (Å²) in [4.78, 5) is 6.55. The van der Waals surface area contributed by atoms with Gasteiger partial charge >= 0.3 is 0 Å². The van der Waals surface area contributed by atoms with E-state index in [1.54, 1.807) is 7.11 Å². The van der Waals surface area contributed by atoms with E-state index in [0.29, 0.717) is 6.04 Å². The Balaban J connectivity index is 2.50. The van der Waals surface area contributed by atoms with Crippen LogP contribution >= 0.6 is 15.9 Å². The number of halogens is 1. The molecule has 0 N–H and O–H groups in total. The molecular formula is C11H17BrN2O. The SMILES string of the molecule is COCC(C)N(C)Cc1ccc(Br)cn1. The Bertz CT molecular complexity index is 289. The number of hydrogen-bond acceptors (Lipinski definition) is 3. The van der Waals surface area contributed by atoms with Gasteiger partial charge in [0.1, 0.15) is 0 Å². The molecule has 0 amide bonds. The Labute approximate surface area is 99.6 Å². The van der Waals surface area contributed by atoms with Crippen molar-refractivity contribution in [2.24, 2.45) is 0 Å². The minimum absolute atomic E-state index is 0.403. The summed E-state index contributed by atoms with van der Waals surface area (Å²) in [6.45, 7) is 3.73. The molecule has 15 heavy (non-hydrogen) atoms. The highest BCUT2D eigenvalue weighted by Crippen LogP contribution is 2.09. The normalized spacial score (nSPS) is 13.1. The second kappa shape index (κ2) is 6.20. The monoisotopic (exact) mass is 272 g/mol. The van der Waals surface area contributed by atoms with E-state index < -0.39 is 0 Å². The van der Waals surface area contributed by atoms with E-state index in [0.717, 1.165) is 23.3 Å². The average Bonchev–Trinajstić information content (AvgIpc) is 2.22. The Morgan fingerprint density at radius 3 is 2.80 bits per heavy atom. The van der Waals surface area contributed by atoms with E-state index in [1.807, 2.05) is 18.3 Å². The third-order valence-corrected chi connectivity index (χ3v) is 2.83. The number of rotatable bonds is 5. The Morgan fingerprint density at radius 2 is 2.27 bits per heavy atom. The Kier molecular flexibility index (Phi) is 5.22. The van der Waals surface area contributed by atoms with Gasteiger partial charge in [-0.3, -0.25) is 9.88 Å². The minimum atomic E-state index is 0.403. The molecule has 0 spiro atoms. The topological polar surface area (TPSA) is 25.4 Å². The van der Waals surface area contributed by atoms with Gasteiger partial charge in [0.2, 0.25) is 0 Å². The highest BCUT2D eigenvalue weighted by molar-refractivity contribution is 9.10. The molecule has 3 nitrogen and oxygen atoms in total. The summed E-state index contributed by atoms with van der Waals surface area (Å²) in [7, 11) is 3.80. The van der Waals surface area contributed by atoms with Crippen molar-refractivity contribution in [2.75, 3.05) is 20.8 Å². The molecule has 1 aromatic rings. The Morgan fingerprint density at radius 1 is 1.53 bits per heavy atom. The van der Waals surface area contributed by atoms with Crippen LogP contribution in [0.1, 0.15) is 12.6 Å². The smallest absolute Gasteiger partial charge is 0.0615 e. The van der Waals surface area contributed by atoms with E-state index in [-0.39, 0.29) is 0 Å². The first-order valence-electron chi connectivity index (χ1n) is 4.93. The maximum Gasteiger partial charge on any atom is 0.0615 e. The number of methoxy groups -OCH3 is 1. The molecule has 0 radical (unpaired) electrons. The van der Waals surface area contributed by atoms with Crippen molar-refractivity contribution in [3.05, 3.63) is 28.5 Å². The third kappa shape index (κ3) is 4.28. The molecule has 0 saturated carbocycles. The molecule has 0 aromatic carbocycles. The molecule has 0 aliphatic rings. The lowest BCUT2D eigenvalue weighted by molar-refractivity contribution is 0.111. The lowest BCUT2D eigenvalue weighted by Gasteiger charge is -2.23. The molecule has 4 heteroatoms. The summed E-state index contributed by atoms with van der Waals surface area (Å²) in [6, 6.07) is 4.44. The Hall–Kier alpha value is -0.450. The van der Waals surface area contributed by atoms with Gasteiger partial charge in [-0.05, 0) is 42.0 Å². The quantitative estimate of drug-likeness (QED) is 0.823. The van der Waals surface area contributed by atoms with Crippen LogP contribution in [0.15, 0.2) is 22.8 Å². The van der Waals surface area contributed by atoms with Crippen LogP contribution in [-0.2, 0) is 11.3 Å². The van der Waals surface area contributed by atoms with E-state index in [9.17, 15) is 0 Å². The van der Waals surface area contributed by atoms with Crippen LogP contribution in [0.2, 0.25) is 0 Å². The average molecular weight is 273 g/mol. The predicted molar refractivity (Wildman–Crippen MR) is 64.7 cm³/mol. The maximum atomic E-state index is 5.11. The molecule has 1 aromatic heterocycles. The van der Waals surface area contributed by atoms with Crippen LogP contribution in [0.3, 0.4) is 0 Å². The molecule has 0 saturated heterocycles. The molecule has 0 aliphatic carbocycles. The summed E-state index contributed by atoms with van der Waals surface area (Å²) >= 11 is 3.37. The van der Waals surface area contributed by atoms with E-state index >= 15 is 0 Å². The summed E-state index contributed by atoms with van der Waals surface area (Å²) < 4.78 is 6.12. The molecule has 0 bridgehead atoms. The molecule has 0 aliphatic heterocycles. The van der Waals surface area contributed by atoms with Crippen LogP contribution < -0.4 is 0 Å². The van der Waals surface area contributed by atoms with E-state index in [2.05, 4.69) is 39.8 Å². The van der Waals surface area contributed by atoms with Crippen LogP contribution in [0.25, 0.3) is 0 Å². The fraction of sp³-hybridized carbons (Fsp3) is 0.545. The van der Waals surface area contributed by atoms with Gasteiger partial charge in [-0.1, -0.05) is 0 Å². The van der Waals surface area contributed by atoms with Gasteiger partial charge in [0, 0.05) is 30.4 Å². The predicted octanol–water partition coefficient (Wildman–Crippen LogP) is 2.31. The van der Waals surface area contributed by atoms with Crippen molar-refractivity contribution in [3.8, 4) is 0 Å². The van der Waals surface area contributed by atoms with Crippen molar-refractivity contribution < 1.29 is 4.74 Å². The zero-order valence-corrected chi connectivity index (χ0v) is 11.0. The largest absolute Gasteiger partial charge is 0.383 e. The van der Waals surface area contributed by atoms with Crippen LogP contribution in [-0.4, -0.2) is 36.7 Å². The summed E-state index contributed by atoms with van der Waals surface area (Å²) in [5.41, 5.74) is 1.07. The van der Waals surface area contributed by atoms with Crippen molar-refractivity contribution in [2.45, 2.75) is 19.5 Å². The minimum Gasteiger partial charge on any atom is -0.383 e. The standard InChI is InChI=1S/C11H17BrN2O/c1-9(8-15-3)14(2)7-11-5-4-10(12)6-13-11/h4-6,9H,7-8H2,1-3H3. The van der Waals surface area contributed by atoms with Crippen LogP contribution in [0.5, 0.6) is 0 Å². The summed E-state index contributed by atoms with van der Waals surface area (Å²) in [5.74, 6) is 0. The second-order valence-corrected chi connectivity index (χ2v) is 4.60. The molecule has 1 rings (SSSR count). The zero-order chi connectivity index (χ0) is 11.3. The van der Waals surface area contributed by atoms with Crippen molar-refractivity contribution >= 4 is 15.9 Å². The van der Waals surface area contributed by atoms with Crippen molar-refractivity contribution in [1.82, 2.24) is 9.88 Å². The fourth-order valence-electron chi connectivity index (χ4n) is 1.28. The number of nitrogens with zero attached hydrogens (tertiary/aromatic N) is 2. The van der Waals surface area contributed by atoms with Crippen LogP contribution in [0.4, 0.5) is 0 Å². The second-order valence-electron chi connectivity index (χ2n) is 3.69. The molecule has 1 unspecified atom stereocenters. The lowest BCUT2D eigenvalue weighted by Crippen LogP contribution is -2.32. The molecule has 84 valence electrons.